The number of carbonyl (C=O) groups excluding carboxylic acids is 1. The summed E-state index contributed by atoms with van der Waals surface area (Å²) in [5, 5.41) is 2.99. The standard InChI is InChI=1S/C16H20BrN5O/c17-13-4-2-12(3-5-13)14-10-15(21-20-14)16(23)19-6-1-8-22-9-7-18-11-22/h2-5,7,9,11,14-15,20-21H,1,6,8,10H2,(H,19,23). The summed E-state index contributed by atoms with van der Waals surface area (Å²) in [7, 11) is 0. The zero-order chi connectivity index (χ0) is 16.1. The first-order valence-electron chi connectivity index (χ1n) is 7.72. The maximum Gasteiger partial charge on any atom is 0.238 e. The van der Waals surface area contributed by atoms with Gasteiger partial charge in [0.05, 0.1) is 6.33 Å². The molecule has 0 saturated carbocycles. The van der Waals surface area contributed by atoms with Crippen LogP contribution in [-0.4, -0.2) is 28.0 Å². The van der Waals surface area contributed by atoms with Gasteiger partial charge in [-0.05, 0) is 30.5 Å². The topological polar surface area (TPSA) is 71.0 Å². The van der Waals surface area contributed by atoms with E-state index in [-0.39, 0.29) is 18.0 Å². The minimum atomic E-state index is -0.197. The largest absolute Gasteiger partial charge is 0.355 e. The molecule has 1 amide bonds. The number of imidazole rings is 1. The van der Waals surface area contributed by atoms with Crippen LogP contribution in [0.25, 0.3) is 0 Å². The Morgan fingerprint density at radius 1 is 1.35 bits per heavy atom. The predicted octanol–water partition coefficient (Wildman–Crippen LogP) is 1.76. The fourth-order valence-corrected chi connectivity index (χ4v) is 2.92. The first kappa shape index (κ1) is 16.2. The number of nitrogens with one attached hydrogen (secondary N) is 3. The van der Waals surface area contributed by atoms with Gasteiger partial charge in [-0.15, -0.1) is 0 Å². The van der Waals surface area contributed by atoms with Gasteiger partial charge in [-0.25, -0.2) is 15.8 Å². The molecular weight excluding hydrogens is 358 g/mol. The van der Waals surface area contributed by atoms with Gasteiger partial charge in [-0.3, -0.25) is 4.79 Å². The van der Waals surface area contributed by atoms with Crippen molar-refractivity contribution in [1.29, 1.82) is 0 Å². The second-order valence-electron chi connectivity index (χ2n) is 5.63. The number of rotatable bonds is 6. The zero-order valence-electron chi connectivity index (χ0n) is 12.7. The fourth-order valence-electron chi connectivity index (χ4n) is 2.66. The molecule has 2 aromatic rings. The van der Waals surface area contributed by atoms with Crippen LogP contribution in [0, 0.1) is 0 Å². The average Bonchev–Trinajstić information content (AvgIpc) is 3.24. The smallest absolute Gasteiger partial charge is 0.238 e. The van der Waals surface area contributed by atoms with Crippen LogP contribution in [0.15, 0.2) is 47.5 Å². The number of aromatic nitrogens is 2. The van der Waals surface area contributed by atoms with Crippen LogP contribution in [0.2, 0.25) is 0 Å². The maximum absolute atomic E-state index is 12.2. The van der Waals surface area contributed by atoms with Crippen molar-refractivity contribution in [3.63, 3.8) is 0 Å². The van der Waals surface area contributed by atoms with Crippen molar-refractivity contribution in [2.45, 2.75) is 31.5 Å². The molecule has 0 spiro atoms. The van der Waals surface area contributed by atoms with Gasteiger partial charge in [-0.1, -0.05) is 28.1 Å². The molecule has 0 radical (unpaired) electrons. The zero-order valence-corrected chi connectivity index (χ0v) is 14.3. The Morgan fingerprint density at radius 3 is 2.91 bits per heavy atom. The van der Waals surface area contributed by atoms with E-state index in [2.05, 4.69) is 49.2 Å². The fraction of sp³-hybridized carbons (Fsp3) is 0.375. The van der Waals surface area contributed by atoms with Gasteiger partial charge in [-0.2, -0.15) is 0 Å². The summed E-state index contributed by atoms with van der Waals surface area (Å²) in [5.41, 5.74) is 7.46. The summed E-state index contributed by atoms with van der Waals surface area (Å²) >= 11 is 3.43. The molecule has 23 heavy (non-hydrogen) atoms. The number of carbonyl (C=O) groups is 1. The minimum absolute atomic E-state index is 0.0442. The highest BCUT2D eigenvalue weighted by atomic mass is 79.9. The first-order chi connectivity index (χ1) is 11.2. The van der Waals surface area contributed by atoms with Crippen LogP contribution in [-0.2, 0) is 11.3 Å². The minimum Gasteiger partial charge on any atom is -0.355 e. The highest BCUT2D eigenvalue weighted by molar-refractivity contribution is 9.10. The highest BCUT2D eigenvalue weighted by Gasteiger charge is 2.29. The number of hydrogen-bond donors (Lipinski definition) is 3. The van der Waals surface area contributed by atoms with Crippen LogP contribution in [0.5, 0.6) is 0 Å². The molecule has 1 aliphatic rings. The lowest BCUT2D eigenvalue weighted by molar-refractivity contribution is -0.122. The van der Waals surface area contributed by atoms with Crippen molar-refractivity contribution in [3.05, 3.63) is 53.0 Å². The summed E-state index contributed by atoms with van der Waals surface area (Å²) in [6, 6.07) is 8.12. The first-order valence-corrected chi connectivity index (χ1v) is 8.51. The van der Waals surface area contributed by atoms with E-state index >= 15 is 0 Å². The molecule has 1 aliphatic heterocycles. The third-order valence-corrected chi connectivity index (χ3v) is 4.47. The number of hydrazine groups is 1. The SMILES string of the molecule is O=C(NCCCn1ccnc1)C1CC(c2ccc(Br)cc2)NN1. The maximum atomic E-state index is 12.2. The average molecular weight is 378 g/mol. The molecule has 2 atom stereocenters. The van der Waals surface area contributed by atoms with E-state index in [1.807, 2.05) is 22.9 Å². The second-order valence-corrected chi connectivity index (χ2v) is 6.54. The molecule has 1 aromatic carbocycles. The van der Waals surface area contributed by atoms with Crippen molar-refractivity contribution < 1.29 is 4.79 Å². The molecule has 7 heteroatoms. The van der Waals surface area contributed by atoms with Gasteiger partial charge in [0.15, 0.2) is 0 Å². The molecule has 3 N–H and O–H groups in total. The van der Waals surface area contributed by atoms with E-state index in [1.54, 1.807) is 12.5 Å². The summed E-state index contributed by atoms with van der Waals surface area (Å²) in [6.45, 7) is 1.52. The van der Waals surface area contributed by atoms with Crippen molar-refractivity contribution in [2.24, 2.45) is 0 Å². The molecule has 0 bridgehead atoms. The van der Waals surface area contributed by atoms with Crippen LogP contribution in [0.4, 0.5) is 0 Å². The Balaban J connectivity index is 1.41. The molecule has 1 fully saturated rings. The Hall–Kier alpha value is -1.70. The number of halogens is 1. The molecular formula is C16H20BrN5O. The normalized spacial score (nSPS) is 20.6. The number of aryl methyl sites for hydroxylation is 1. The molecule has 1 aromatic heterocycles. The summed E-state index contributed by atoms with van der Waals surface area (Å²) in [5.74, 6) is 0.0442. The van der Waals surface area contributed by atoms with Gasteiger partial charge in [0.25, 0.3) is 0 Å². The number of hydrogen-bond acceptors (Lipinski definition) is 4. The van der Waals surface area contributed by atoms with Crippen molar-refractivity contribution in [3.8, 4) is 0 Å². The van der Waals surface area contributed by atoms with E-state index in [4.69, 9.17) is 0 Å². The summed E-state index contributed by atoms with van der Waals surface area (Å²) in [4.78, 5) is 16.2. The molecule has 0 aliphatic carbocycles. The van der Waals surface area contributed by atoms with Crippen molar-refractivity contribution >= 4 is 21.8 Å². The second kappa shape index (κ2) is 7.72. The Morgan fingerprint density at radius 2 is 2.17 bits per heavy atom. The van der Waals surface area contributed by atoms with Crippen LogP contribution in [0.3, 0.4) is 0 Å². The summed E-state index contributed by atoms with van der Waals surface area (Å²) < 4.78 is 3.06. The number of nitrogens with zero attached hydrogens (tertiary/aromatic N) is 2. The molecule has 2 heterocycles. The van der Waals surface area contributed by atoms with Crippen molar-refractivity contribution in [2.75, 3.05) is 6.54 Å². The summed E-state index contributed by atoms with van der Waals surface area (Å²) in [6.07, 6.45) is 7.10. The molecule has 122 valence electrons. The van der Waals surface area contributed by atoms with E-state index in [9.17, 15) is 4.79 Å². The van der Waals surface area contributed by atoms with E-state index in [1.165, 1.54) is 5.56 Å². The van der Waals surface area contributed by atoms with Crippen LogP contribution >= 0.6 is 15.9 Å². The Bertz CT molecular complexity index is 628. The lowest BCUT2D eigenvalue weighted by Gasteiger charge is -2.11. The van der Waals surface area contributed by atoms with E-state index in [0.29, 0.717) is 6.54 Å². The highest BCUT2D eigenvalue weighted by Crippen LogP contribution is 2.23. The van der Waals surface area contributed by atoms with Gasteiger partial charge >= 0.3 is 0 Å². The van der Waals surface area contributed by atoms with Crippen molar-refractivity contribution in [1.82, 2.24) is 25.7 Å². The van der Waals surface area contributed by atoms with E-state index in [0.717, 1.165) is 23.9 Å². The van der Waals surface area contributed by atoms with Gasteiger partial charge < -0.3 is 9.88 Å². The molecule has 1 saturated heterocycles. The third-order valence-electron chi connectivity index (χ3n) is 3.94. The predicted molar refractivity (Wildman–Crippen MR) is 91.4 cm³/mol. The molecule has 2 unspecified atom stereocenters. The lowest BCUT2D eigenvalue weighted by Crippen LogP contribution is -2.43. The van der Waals surface area contributed by atoms with E-state index < -0.39 is 0 Å². The monoisotopic (exact) mass is 377 g/mol. The number of benzene rings is 1. The van der Waals surface area contributed by atoms with Gasteiger partial charge in [0.1, 0.15) is 6.04 Å². The Labute approximate surface area is 143 Å². The molecule has 3 rings (SSSR count). The third kappa shape index (κ3) is 4.40. The quantitative estimate of drug-likeness (QED) is 0.670. The van der Waals surface area contributed by atoms with Gasteiger partial charge in [0, 0.05) is 36.0 Å². The lowest BCUT2D eigenvalue weighted by atomic mass is 10.0. The van der Waals surface area contributed by atoms with Crippen LogP contribution in [0.1, 0.15) is 24.4 Å². The van der Waals surface area contributed by atoms with Gasteiger partial charge in [0.2, 0.25) is 5.91 Å². The van der Waals surface area contributed by atoms with Crippen LogP contribution < -0.4 is 16.2 Å². The Kier molecular flexibility index (Phi) is 5.43. The number of amides is 1. The molecule has 6 nitrogen and oxygen atoms in total.